The lowest BCUT2D eigenvalue weighted by atomic mass is 10.0. The summed E-state index contributed by atoms with van der Waals surface area (Å²) in [5, 5.41) is 8.37. The molecule has 3 aromatic rings. The number of benzene rings is 1. The van der Waals surface area contributed by atoms with Gasteiger partial charge in [0.25, 0.3) is 0 Å². The zero-order chi connectivity index (χ0) is 21.4. The van der Waals surface area contributed by atoms with Crippen LogP contribution < -0.4 is 4.90 Å². The van der Waals surface area contributed by atoms with Crippen molar-refractivity contribution in [3.63, 3.8) is 0 Å². The number of aromatic nitrogens is 5. The lowest BCUT2D eigenvalue weighted by Crippen LogP contribution is -2.38. The largest absolute Gasteiger partial charge is 0.383 e. The number of carbonyl (C=O) groups is 1. The topological polar surface area (TPSA) is 80.0 Å². The Labute approximate surface area is 181 Å². The van der Waals surface area contributed by atoms with Crippen LogP contribution in [0.2, 0.25) is 0 Å². The summed E-state index contributed by atoms with van der Waals surface area (Å²) >= 11 is 0. The molecule has 8 nitrogen and oxygen atoms in total. The van der Waals surface area contributed by atoms with Crippen molar-refractivity contribution < 1.29 is 4.79 Å². The number of fused-ring (bicyclic) bond motifs is 3. The lowest BCUT2D eigenvalue weighted by Gasteiger charge is -2.34. The van der Waals surface area contributed by atoms with Gasteiger partial charge in [0.2, 0.25) is 0 Å². The highest BCUT2D eigenvalue weighted by atomic mass is 16.1. The second-order valence-electron chi connectivity index (χ2n) is 8.29. The van der Waals surface area contributed by atoms with Crippen molar-refractivity contribution in [1.29, 1.82) is 0 Å². The molecule has 0 spiro atoms. The molecule has 1 aliphatic carbocycles. The van der Waals surface area contributed by atoms with Gasteiger partial charge in [-0.15, -0.1) is 10.2 Å². The number of Topliss-reactive ketones (excluding diaryl/α,β-unsaturated/α-hetero) is 1. The van der Waals surface area contributed by atoms with Crippen LogP contribution in [0.25, 0.3) is 11.3 Å². The highest BCUT2D eigenvalue weighted by Crippen LogP contribution is 2.36. The Morgan fingerprint density at radius 3 is 2.68 bits per heavy atom. The van der Waals surface area contributed by atoms with Gasteiger partial charge in [-0.3, -0.25) is 9.36 Å². The molecule has 31 heavy (non-hydrogen) atoms. The average Bonchev–Trinajstić information content (AvgIpc) is 3.48. The van der Waals surface area contributed by atoms with Gasteiger partial charge in [0.15, 0.2) is 23.2 Å². The second-order valence-corrected chi connectivity index (χ2v) is 8.29. The highest BCUT2D eigenvalue weighted by Gasteiger charge is 2.32. The monoisotopic (exact) mass is 415 g/mol. The summed E-state index contributed by atoms with van der Waals surface area (Å²) in [6, 6.07) is 9.68. The molecule has 0 N–H and O–H groups in total. The second kappa shape index (κ2) is 7.94. The summed E-state index contributed by atoms with van der Waals surface area (Å²) in [6.07, 6.45) is 10.00. The number of allylic oxidation sites excluding steroid dienone is 1. The Balaban J connectivity index is 1.61. The van der Waals surface area contributed by atoms with Gasteiger partial charge in [-0.25, -0.2) is 9.97 Å². The van der Waals surface area contributed by atoms with Crippen molar-refractivity contribution >= 4 is 17.2 Å². The van der Waals surface area contributed by atoms with E-state index in [-0.39, 0.29) is 5.78 Å². The Bertz CT molecular complexity index is 1130. The maximum atomic E-state index is 13.3. The zero-order valence-corrected chi connectivity index (χ0v) is 17.8. The maximum Gasteiger partial charge on any atom is 0.198 e. The molecule has 158 valence electrons. The average molecular weight is 416 g/mol. The molecule has 2 aromatic heterocycles. The Morgan fingerprint density at radius 2 is 1.94 bits per heavy atom. The van der Waals surface area contributed by atoms with Crippen LogP contribution in [-0.2, 0) is 6.54 Å². The zero-order valence-electron chi connectivity index (χ0n) is 17.8. The minimum atomic E-state index is -0.0949. The van der Waals surface area contributed by atoms with Crippen LogP contribution in [-0.4, -0.2) is 55.6 Å². The van der Waals surface area contributed by atoms with E-state index in [4.69, 9.17) is 4.98 Å². The maximum absolute atomic E-state index is 13.3. The van der Waals surface area contributed by atoms with Crippen molar-refractivity contribution in [1.82, 2.24) is 29.6 Å². The van der Waals surface area contributed by atoms with Gasteiger partial charge in [0.05, 0.1) is 18.3 Å². The molecule has 0 saturated heterocycles. The Hall–Kier alpha value is -3.55. The Kier molecular flexibility index (Phi) is 4.97. The molecule has 1 fully saturated rings. The fraction of sp³-hybridized carbons (Fsp3) is 0.348. The van der Waals surface area contributed by atoms with E-state index in [9.17, 15) is 4.79 Å². The summed E-state index contributed by atoms with van der Waals surface area (Å²) in [7, 11) is 3.79. The van der Waals surface area contributed by atoms with E-state index in [1.54, 1.807) is 18.7 Å². The first-order valence-corrected chi connectivity index (χ1v) is 10.6. The normalized spacial score (nSPS) is 16.2. The number of anilines is 1. The molecule has 0 atom stereocenters. The summed E-state index contributed by atoms with van der Waals surface area (Å²) in [6.45, 7) is 0.660. The van der Waals surface area contributed by atoms with Gasteiger partial charge in [0, 0.05) is 31.9 Å². The number of ketones is 1. The first-order valence-electron chi connectivity index (χ1n) is 10.6. The molecule has 1 saturated carbocycles. The van der Waals surface area contributed by atoms with Crippen LogP contribution in [0.3, 0.4) is 0 Å². The summed E-state index contributed by atoms with van der Waals surface area (Å²) in [4.78, 5) is 27.0. The van der Waals surface area contributed by atoms with Crippen LogP contribution in [0.4, 0.5) is 5.82 Å². The van der Waals surface area contributed by atoms with E-state index in [2.05, 4.69) is 20.1 Å². The molecular formula is C23H25N7O. The molecule has 0 radical (unpaired) electrons. The van der Waals surface area contributed by atoms with Gasteiger partial charge in [-0.1, -0.05) is 43.2 Å². The number of hydrogen-bond acceptors (Lipinski definition) is 7. The summed E-state index contributed by atoms with van der Waals surface area (Å²) < 4.78 is 1.94. The van der Waals surface area contributed by atoms with E-state index >= 15 is 0 Å². The van der Waals surface area contributed by atoms with Crippen molar-refractivity contribution in [2.24, 2.45) is 0 Å². The quantitative estimate of drug-likeness (QED) is 0.468. The smallest absolute Gasteiger partial charge is 0.198 e. The SMILES string of the molecule is CN(C)/C=C(\C(=O)c1ccccc1)c1ncc2c(n1)N(C1CCCC1)Cc1nncn1-2. The molecule has 0 amide bonds. The van der Waals surface area contributed by atoms with E-state index in [0.29, 0.717) is 29.5 Å². The van der Waals surface area contributed by atoms with Crippen LogP contribution >= 0.6 is 0 Å². The molecule has 2 aliphatic rings. The van der Waals surface area contributed by atoms with E-state index in [1.807, 2.05) is 53.9 Å². The van der Waals surface area contributed by atoms with Crippen molar-refractivity contribution in [3.8, 4) is 5.69 Å². The van der Waals surface area contributed by atoms with E-state index in [0.717, 1.165) is 30.2 Å². The molecule has 5 rings (SSSR count). The number of rotatable bonds is 5. The van der Waals surface area contributed by atoms with Crippen LogP contribution in [0.15, 0.2) is 49.1 Å². The molecule has 8 heteroatoms. The van der Waals surface area contributed by atoms with Crippen LogP contribution in [0, 0.1) is 0 Å². The van der Waals surface area contributed by atoms with Gasteiger partial charge >= 0.3 is 0 Å². The predicted octanol–water partition coefficient (Wildman–Crippen LogP) is 3.11. The minimum absolute atomic E-state index is 0.0949. The molecular weight excluding hydrogens is 390 g/mol. The molecule has 0 bridgehead atoms. The molecule has 3 heterocycles. The highest BCUT2D eigenvalue weighted by molar-refractivity contribution is 6.28. The number of hydrogen-bond donors (Lipinski definition) is 0. The fourth-order valence-corrected chi connectivity index (χ4v) is 4.41. The number of carbonyl (C=O) groups excluding carboxylic acids is 1. The molecule has 1 aromatic carbocycles. The van der Waals surface area contributed by atoms with E-state index in [1.165, 1.54) is 12.8 Å². The fourth-order valence-electron chi connectivity index (χ4n) is 4.41. The molecule has 0 unspecified atom stereocenters. The van der Waals surface area contributed by atoms with Crippen LogP contribution in [0.5, 0.6) is 0 Å². The van der Waals surface area contributed by atoms with Gasteiger partial charge in [-0.05, 0) is 12.8 Å². The van der Waals surface area contributed by atoms with Crippen molar-refractivity contribution in [3.05, 3.63) is 66.3 Å². The summed E-state index contributed by atoms with van der Waals surface area (Å²) in [5.74, 6) is 2.07. The lowest BCUT2D eigenvalue weighted by molar-refractivity contribution is 0.105. The van der Waals surface area contributed by atoms with Gasteiger partial charge in [-0.2, -0.15) is 0 Å². The van der Waals surface area contributed by atoms with E-state index < -0.39 is 0 Å². The minimum Gasteiger partial charge on any atom is -0.383 e. The third kappa shape index (κ3) is 3.58. The standard InChI is InChI=1S/C23H25N7O/c1-28(2)13-18(21(31)16-8-4-3-5-9-16)22-24-12-19-23(26-22)29(17-10-6-7-11-17)14-20-27-25-15-30(19)20/h3-5,8-9,12-13,15,17H,6-7,10-11,14H2,1-2H3/b18-13+. The third-order valence-electron chi connectivity index (χ3n) is 5.89. The predicted molar refractivity (Wildman–Crippen MR) is 118 cm³/mol. The third-order valence-corrected chi connectivity index (χ3v) is 5.89. The van der Waals surface area contributed by atoms with Gasteiger partial charge < -0.3 is 9.80 Å². The molecule has 1 aliphatic heterocycles. The van der Waals surface area contributed by atoms with Crippen LogP contribution in [0.1, 0.15) is 47.7 Å². The first-order chi connectivity index (χ1) is 15.1. The number of nitrogens with zero attached hydrogens (tertiary/aromatic N) is 7. The van der Waals surface area contributed by atoms with Crippen molar-refractivity contribution in [2.75, 3.05) is 19.0 Å². The summed E-state index contributed by atoms with van der Waals surface area (Å²) in [5.41, 5.74) is 1.95. The van der Waals surface area contributed by atoms with Gasteiger partial charge in [0.1, 0.15) is 12.0 Å². The first kappa shape index (κ1) is 19.4. The Morgan fingerprint density at radius 1 is 1.16 bits per heavy atom. The van der Waals surface area contributed by atoms with Crippen molar-refractivity contribution in [2.45, 2.75) is 38.3 Å².